The highest BCUT2D eigenvalue weighted by molar-refractivity contribution is 6.30. The lowest BCUT2D eigenvalue weighted by atomic mass is 9.84. The maximum Gasteiger partial charge on any atom is 0.0406 e. The van der Waals surface area contributed by atoms with E-state index < -0.39 is 0 Å². The molecule has 100 valence electrons. The van der Waals surface area contributed by atoms with Gasteiger partial charge in [-0.15, -0.1) is 0 Å². The van der Waals surface area contributed by atoms with Crippen LogP contribution in [0.25, 0.3) is 0 Å². The summed E-state index contributed by atoms with van der Waals surface area (Å²) >= 11 is 5.93. The zero-order valence-corrected chi connectivity index (χ0v) is 12.1. The molecule has 1 unspecified atom stereocenters. The summed E-state index contributed by atoms with van der Waals surface area (Å²) in [5.41, 5.74) is 1.47. The molecule has 1 aromatic carbocycles. The molecule has 1 aliphatic rings. The van der Waals surface area contributed by atoms with Gasteiger partial charge in [-0.25, -0.2) is 0 Å². The molecule has 2 nitrogen and oxygen atoms in total. The predicted molar refractivity (Wildman–Crippen MR) is 78.4 cm³/mol. The number of nitrogens with one attached hydrogen (secondary N) is 2. The second-order valence-corrected chi connectivity index (χ2v) is 6.25. The van der Waals surface area contributed by atoms with Crippen molar-refractivity contribution in [2.75, 3.05) is 19.6 Å². The van der Waals surface area contributed by atoms with Gasteiger partial charge in [0.1, 0.15) is 0 Å². The van der Waals surface area contributed by atoms with Crippen LogP contribution in [0.3, 0.4) is 0 Å². The highest BCUT2D eigenvalue weighted by atomic mass is 35.5. The smallest absolute Gasteiger partial charge is 0.0406 e. The highest BCUT2D eigenvalue weighted by Gasteiger charge is 2.21. The zero-order chi connectivity index (χ0) is 13.0. The number of benzene rings is 1. The molecule has 0 spiro atoms. The van der Waals surface area contributed by atoms with Gasteiger partial charge in [0, 0.05) is 29.6 Å². The van der Waals surface area contributed by atoms with Crippen LogP contribution in [0.5, 0.6) is 0 Å². The highest BCUT2D eigenvalue weighted by Crippen LogP contribution is 2.23. The molecule has 0 bridgehead atoms. The maximum atomic E-state index is 5.93. The normalized spacial score (nSPS) is 20.3. The minimum atomic E-state index is 0.142. The Morgan fingerprint density at radius 2 is 2.06 bits per heavy atom. The van der Waals surface area contributed by atoms with Crippen molar-refractivity contribution in [3.05, 3.63) is 34.9 Å². The van der Waals surface area contributed by atoms with Crippen molar-refractivity contribution in [3.63, 3.8) is 0 Å². The molecule has 2 N–H and O–H groups in total. The van der Waals surface area contributed by atoms with Crippen molar-refractivity contribution >= 4 is 11.6 Å². The average molecular weight is 267 g/mol. The largest absolute Gasteiger partial charge is 0.314 e. The molecule has 1 saturated heterocycles. The summed E-state index contributed by atoms with van der Waals surface area (Å²) in [5.74, 6) is 0. The molecule has 0 amide bonds. The van der Waals surface area contributed by atoms with E-state index in [1.807, 2.05) is 12.1 Å². The fourth-order valence-corrected chi connectivity index (χ4v) is 2.62. The lowest BCUT2D eigenvalue weighted by Gasteiger charge is -2.26. The molecule has 1 aromatic rings. The van der Waals surface area contributed by atoms with E-state index in [4.69, 9.17) is 11.6 Å². The van der Waals surface area contributed by atoms with Crippen molar-refractivity contribution in [2.45, 2.75) is 38.1 Å². The standard InChI is InChI=1S/C15H23ClN2/c1-15(2,12-5-7-13(16)8-6-12)11-17-10-14-4-3-9-18-14/h5-8,14,17-18H,3-4,9-11H2,1-2H3. The van der Waals surface area contributed by atoms with Gasteiger partial charge in [-0.2, -0.15) is 0 Å². The van der Waals surface area contributed by atoms with Crippen LogP contribution in [-0.4, -0.2) is 25.7 Å². The first kappa shape index (κ1) is 13.9. The van der Waals surface area contributed by atoms with Gasteiger partial charge in [-0.3, -0.25) is 0 Å². The van der Waals surface area contributed by atoms with Gasteiger partial charge < -0.3 is 10.6 Å². The van der Waals surface area contributed by atoms with E-state index >= 15 is 0 Å². The molecule has 0 aliphatic carbocycles. The molecule has 2 rings (SSSR count). The summed E-state index contributed by atoms with van der Waals surface area (Å²) in [6, 6.07) is 8.84. The van der Waals surface area contributed by atoms with Crippen LogP contribution in [0.15, 0.2) is 24.3 Å². The van der Waals surface area contributed by atoms with E-state index in [2.05, 4.69) is 36.6 Å². The molecule has 0 aromatic heterocycles. The third-order valence-electron chi connectivity index (χ3n) is 3.75. The van der Waals surface area contributed by atoms with Crippen LogP contribution in [0.4, 0.5) is 0 Å². The molecule has 18 heavy (non-hydrogen) atoms. The van der Waals surface area contributed by atoms with Gasteiger partial charge in [0.15, 0.2) is 0 Å². The van der Waals surface area contributed by atoms with Crippen molar-refractivity contribution in [3.8, 4) is 0 Å². The van der Waals surface area contributed by atoms with Gasteiger partial charge in [-0.05, 0) is 37.1 Å². The number of hydrogen-bond acceptors (Lipinski definition) is 2. The van der Waals surface area contributed by atoms with Gasteiger partial charge in [0.05, 0.1) is 0 Å². The minimum absolute atomic E-state index is 0.142. The quantitative estimate of drug-likeness (QED) is 0.856. The Labute approximate surface area is 115 Å². The number of halogens is 1. The van der Waals surface area contributed by atoms with Crippen molar-refractivity contribution in [1.29, 1.82) is 0 Å². The summed E-state index contributed by atoms with van der Waals surface area (Å²) in [6.07, 6.45) is 2.61. The van der Waals surface area contributed by atoms with Crippen LogP contribution < -0.4 is 10.6 Å². The molecule has 1 heterocycles. The van der Waals surface area contributed by atoms with Gasteiger partial charge in [-0.1, -0.05) is 37.6 Å². The second-order valence-electron chi connectivity index (χ2n) is 5.81. The first-order chi connectivity index (χ1) is 8.58. The topological polar surface area (TPSA) is 24.1 Å². The van der Waals surface area contributed by atoms with Gasteiger partial charge >= 0.3 is 0 Å². The lowest BCUT2D eigenvalue weighted by molar-refractivity contribution is 0.442. The molecule has 3 heteroatoms. The average Bonchev–Trinajstić information content (AvgIpc) is 2.82. The fraction of sp³-hybridized carbons (Fsp3) is 0.600. The van der Waals surface area contributed by atoms with Crippen LogP contribution >= 0.6 is 11.6 Å². The van der Waals surface area contributed by atoms with E-state index in [-0.39, 0.29) is 5.41 Å². The number of hydrogen-bond donors (Lipinski definition) is 2. The summed E-state index contributed by atoms with van der Waals surface area (Å²) in [6.45, 7) is 7.77. The Morgan fingerprint density at radius 1 is 1.33 bits per heavy atom. The Balaban J connectivity index is 1.84. The van der Waals surface area contributed by atoms with Crippen molar-refractivity contribution in [1.82, 2.24) is 10.6 Å². The first-order valence-corrected chi connectivity index (χ1v) is 7.16. The van der Waals surface area contributed by atoms with E-state index in [1.165, 1.54) is 24.9 Å². The summed E-state index contributed by atoms with van der Waals surface area (Å²) in [5, 5.41) is 7.90. The Kier molecular flexibility index (Phi) is 4.66. The monoisotopic (exact) mass is 266 g/mol. The molecular weight excluding hydrogens is 244 g/mol. The van der Waals surface area contributed by atoms with Crippen molar-refractivity contribution in [2.24, 2.45) is 0 Å². The number of rotatable bonds is 5. The molecule has 1 aliphatic heterocycles. The zero-order valence-electron chi connectivity index (χ0n) is 11.3. The second kappa shape index (κ2) is 6.05. The van der Waals surface area contributed by atoms with E-state index in [0.717, 1.165) is 18.1 Å². The maximum absolute atomic E-state index is 5.93. The molecule has 1 fully saturated rings. The lowest BCUT2D eigenvalue weighted by Crippen LogP contribution is -2.40. The minimum Gasteiger partial charge on any atom is -0.314 e. The van der Waals surface area contributed by atoms with Crippen LogP contribution in [0.2, 0.25) is 5.02 Å². The Hall–Kier alpha value is -0.570. The van der Waals surface area contributed by atoms with E-state index in [1.54, 1.807) is 0 Å². The summed E-state index contributed by atoms with van der Waals surface area (Å²) in [7, 11) is 0. The summed E-state index contributed by atoms with van der Waals surface area (Å²) < 4.78 is 0. The third-order valence-corrected chi connectivity index (χ3v) is 4.00. The predicted octanol–water partition coefficient (Wildman–Crippen LogP) is 2.96. The Bertz CT molecular complexity index is 367. The Morgan fingerprint density at radius 3 is 2.67 bits per heavy atom. The van der Waals surface area contributed by atoms with Crippen LogP contribution in [-0.2, 0) is 5.41 Å². The van der Waals surface area contributed by atoms with E-state index in [9.17, 15) is 0 Å². The van der Waals surface area contributed by atoms with E-state index in [0.29, 0.717) is 6.04 Å². The molecule has 0 radical (unpaired) electrons. The molecular formula is C15H23ClN2. The third kappa shape index (κ3) is 3.71. The fourth-order valence-electron chi connectivity index (χ4n) is 2.49. The first-order valence-electron chi connectivity index (χ1n) is 6.78. The SMILES string of the molecule is CC(C)(CNCC1CCCN1)c1ccc(Cl)cc1. The van der Waals surface area contributed by atoms with Crippen LogP contribution in [0, 0.1) is 0 Å². The van der Waals surface area contributed by atoms with Crippen LogP contribution in [0.1, 0.15) is 32.3 Å². The van der Waals surface area contributed by atoms with Gasteiger partial charge in [0.25, 0.3) is 0 Å². The van der Waals surface area contributed by atoms with Crippen molar-refractivity contribution < 1.29 is 0 Å². The summed E-state index contributed by atoms with van der Waals surface area (Å²) in [4.78, 5) is 0. The molecule has 1 atom stereocenters. The molecule has 0 saturated carbocycles. The van der Waals surface area contributed by atoms with Gasteiger partial charge in [0.2, 0.25) is 0 Å².